The van der Waals surface area contributed by atoms with E-state index in [0.29, 0.717) is 16.1 Å². The second-order valence-electron chi connectivity index (χ2n) is 5.05. The molecule has 0 heterocycles. The fourth-order valence-corrected chi connectivity index (χ4v) is 2.15. The Balaban J connectivity index is 2.53. The Hall–Kier alpha value is -0.280. The summed E-state index contributed by atoms with van der Waals surface area (Å²) in [6.45, 7) is 5.44. The van der Waals surface area contributed by atoms with Gasteiger partial charge < -0.3 is 10.2 Å². The average Bonchev–Trinajstić information content (AvgIpc) is 2.30. The lowest BCUT2D eigenvalue weighted by Crippen LogP contribution is -2.31. The number of halogens is 2. The van der Waals surface area contributed by atoms with Crippen LogP contribution in [0.5, 0.6) is 0 Å². The monoisotopic (exact) mass is 288 g/mol. The highest BCUT2D eigenvalue weighted by Crippen LogP contribution is 2.25. The molecule has 1 rings (SSSR count). The molecule has 1 aromatic rings. The summed E-state index contributed by atoms with van der Waals surface area (Å²) in [6.07, 6.45) is 1.12. The van der Waals surface area contributed by atoms with Crippen molar-refractivity contribution in [1.29, 1.82) is 0 Å². The highest BCUT2D eigenvalue weighted by molar-refractivity contribution is 6.42. The van der Waals surface area contributed by atoms with Crippen LogP contribution < -0.4 is 5.32 Å². The third-order valence-electron chi connectivity index (χ3n) is 2.99. The maximum absolute atomic E-state index is 6.03. The van der Waals surface area contributed by atoms with E-state index in [0.717, 1.165) is 13.0 Å². The Kier molecular flexibility index (Phi) is 6.44. The van der Waals surface area contributed by atoms with Gasteiger partial charge in [0.25, 0.3) is 0 Å². The quantitative estimate of drug-likeness (QED) is 0.852. The molecule has 2 atom stereocenters. The zero-order valence-electron chi connectivity index (χ0n) is 11.5. The molecule has 1 aromatic carbocycles. The third kappa shape index (κ3) is 5.15. The van der Waals surface area contributed by atoms with E-state index in [4.69, 9.17) is 23.2 Å². The number of nitrogens with one attached hydrogen (secondary N) is 1. The van der Waals surface area contributed by atoms with Crippen LogP contribution in [0, 0.1) is 0 Å². The predicted octanol–water partition coefficient (Wildman–Crippen LogP) is 3.98. The number of hydrogen-bond donors (Lipinski definition) is 1. The third-order valence-corrected chi connectivity index (χ3v) is 3.73. The molecule has 102 valence electrons. The van der Waals surface area contributed by atoms with Crippen molar-refractivity contribution in [2.75, 3.05) is 20.6 Å². The van der Waals surface area contributed by atoms with E-state index in [9.17, 15) is 0 Å². The normalized spacial score (nSPS) is 14.8. The fraction of sp³-hybridized carbons (Fsp3) is 0.571. The molecule has 0 saturated carbocycles. The van der Waals surface area contributed by atoms with Crippen LogP contribution in [0.2, 0.25) is 10.0 Å². The highest BCUT2D eigenvalue weighted by atomic mass is 35.5. The van der Waals surface area contributed by atoms with Gasteiger partial charge in [0.2, 0.25) is 0 Å². The van der Waals surface area contributed by atoms with Gasteiger partial charge in [0, 0.05) is 12.1 Å². The first-order chi connectivity index (χ1) is 8.40. The number of hydrogen-bond acceptors (Lipinski definition) is 2. The Morgan fingerprint density at radius 1 is 1.17 bits per heavy atom. The van der Waals surface area contributed by atoms with Gasteiger partial charge in [0.1, 0.15) is 0 Å². The molecule has 0 aliphatic rings. The van der Waals surface area contributed by atoms with Crippen molar-refractivity contribution in [3.05, 3.63) is 33.8 Å². The van der Waals surface area contributed by atoms with Crippen LogP contribution in [0.3, 0.4) is 0 Å². The summed E-state index contributed by atoms with van der Waals surface area (Å²) in [4.78, 5) is 2.20. The minimum Gasteiger partial charge on any atom is -0.309 e. The van der Waals surface area contributed by atoms with Crippen LogP contribution in [0.15, 0.2) is 18.2 Å². The van der Waals surface area contributed by atoms with E-state index in [-0.39, 0.29) is 6.04 Å². The summed E-state index contributed by atoms with van der Waals surface area (Å²) in [7, 11) is 4.18. The van der Waals surface area contributed by atoms with Gasteiger partial charge in [0.05, 0.1) is 10.0 Å². The lowest BCUT2D eigenvalue weighted by molar-refractivity contribution is 0.354. The van der Waals surface area contributed by atoms with Crippen LogP contribution in [0.4, 0.5) is 0 Å². The topological polar surface area (TPSA) is 15.3 Å². The molecule has 0 aliphatic heterocycles. The number of benzene rings is 1. The molecule has 0 spiro atoms. The smallest absolute Gasteiger partial charge is 0.0595 e. The Morgan fingerprint density at radius 2 is 1.83 bits per heavy atom. The van der Waals surface area contributed by atoms with E-state index in [1.807, 2.05) is 18.2 Å². The van der Waals surface area contributed by atoms with E-state index in [1.165, 1.54) is 5.56 Å². The maximum atomic E-state index is 6.03. The molecule has 4 heteroatoms. The highest BCUT2D eigenvalue weighted by Gasteiger charge is 2.11. The molecule has 1 N–H and O–H groups in total. The Bertz CT molecular complexity index is 380. The summed E-state index contributed by atoms with van der Waals surface area (Å²) < 4.78 is 0. The summed E-state index contributed by atoms with van der Waals surface area (Å²) in [5, 5.41) is 4.79. The molecule has 0 amide bonds. The van der Waals surface area contributed by atoms with Crippen LogP contribution in [-0.2, 0) is 0 Å². The molecule has 2 unspecified atom stereocenters. The standard InChI is InChI=1S/C14H22Cl2N2/c1-10(7-8-18(3)4)17-11(2)12-5-6-13(15)14(16)9-12/h5-6,9-11,17H,7-8H2,1-4H3. The van der Waals surface area contributed by atoms with E-state index < -0.39 is 0 Å². The van der Waals surface area contributed by atoms with Crippen molar-refractivity contribution in [2.24, 2.45) is 0 Å². The second-order valence-corrected chi connectivity index (χ2v) is 5.87. The van der Waals surface area contributed by atoms with Gasteiger partial charge in [-0.15, -0.1) is 0 Å². The molecule has 0 fully saturated rings. The van der Waals surface area contributed by atoms with Crippen molar-refractivity contribution in [3.8, 4) is 0 Å². The Labute approximate surface area is 120 Å². The number of rotatable bonds is 6. The van der Waals surface area contributed by atoms with Gasteiger partial charge in [-0.25, -0.2) is 0 Å². The summed E-state index contributed by atoms with van der Waals surface area (Å²) >= 11 is 11.9. The van der Waals surface area contributed by atoms with Crippen LogP contribution >= 0.6 is 23.2 Å². The molecule has 0 saturated heterocycles. The van der Waals surface area contributed by atoms with Crippen molar-refractivity contribution in [1.82, 2.24) is 10.2 Å². The zero-order valence-corrected chi connectivity index (χ0v) is 13.0. The summed E-state index contributed by atoms with van der Waals surface area (Å²) in [5.41, 5.74) is 1.17. The van der Waals surface area contributed by atoms with Crippen molar-refractivity contribution in [2.45, 2.75) is 32.4 Å². The summed E-state index contributed by atoms with van der Waals surface area (Å²) in [6, 6.07) is 6.54. The first-order valence-corrected chi connectivity index (χ1v) is 7.01. The molecule has 2 nitrogen and oxygen atoms in total. The van der Waals surface area contributed by atoms with E-state index >= 15 is 0 Å². The molecular formula is C14H22Cl2N2. The predicted molar refractivity (Wildman–Crippen MR) is 80.6 cm³/mol. The van der Waals surface area contributed by atoms with Crippen molar-refractivity contribution < 1.29 is 0 Å². The fourth-order valence-electron chi connectivity index (χ4n) is 1.84. The second kappa shape index (κ2) is 7.34. The molecule has 0 aliphatic carbocycles. The molecular weight excluding hydrogens is 267 g/mol. The minimum absolute atomic E-state index is 0.275. The zero-order chi connectivity index (χ0) is 13.7. The SMILES string of the molecule is CC(CCN(C)C)NC(C)c1ccc(Cl)c(Cl)c1. The van der Waals surface area contributed by atoms with E-state index in [2.05, 4.69) is 38.2 Å². The first kappa shape index (κ1) is 15.8. The molecule has 18 heavy (non-hydrogen) atoms. The van der Waals surface area contributed by atoms with Gasteiger partial charge in [-0.2, -0.15) is 0 Å². The lowest BCUT2D eigenvalue weighted by atomic mass is 10.1. The average molecular weight is 289 g/mol. The van der Waals surface area contributed by atoms with Gasteiger partial charge in [-0.1, -0.05) is 29.3 Å². The van der Waals surface area contributed by atoms with Crippen molar-refractivity contribution >= 4 is 23.2 Å². The van der Waals surface area contributed by atoms with Crippen molar-refractivity contribution in [3.63, 3.8) is 0 Å². The lowest BCUT2D eigenvalue weighted by Gasteiger charge is -2.22. The Morgan fingerprint density at radius 3 is 2.39 bits per heavy atom. The molecule has 0 bridgehead atoms. The van der Waals surface area contributed by atoms with Gasteiger partial charge in [-0.3, -0.25) is 0 Å². The van der Waals surface area contributed by atoms with E-state index in [1.54, 1.807) is 0 Å². The van der Waals surface area contributed by atoms with Crippen LogP contribution in [0.1, 0.15) is 31.9 Å². The largest absolute Gasteiger partial charge is 0.309 e. The molecule has 0 aromatic heterocycles. The van der Waals surface area contributed by atoms with Gasteiger partial charge in [0.15, 0.2) is 0 Å². The maximum Gasteiger partial charge on any atom is 0.0595 e. The first-order valence-electron chi connectivity index (χ1n) is 6.26. The van der Waals surface area contributed by atoms with Gasteiger partial charge >= 0.3 is 0 Å². The van der Waals surface area contributed by atoms with Gasteiger partial charge in [-0.05, 0) is 58.6 Å². The molecule has 0 radical (unpaired) electrons. The summed E-state index contributed by atoms with van der Waals surface area (Å²) in [5.74, 6) is 0. The number of nitrogens with zero attached hydrogens (tertiary/aromatic N) is 1. The minimum atomic E-state index is 0.275. The van der Waals surface area contributed by atoms with Crippen LogP contribution in [-0.4, -0.2) is 31.6 Å². The van der Waals surface area contributed by atoms with Crippen LogP contribution in [0.25, 0.3) is 0 Å².